The number of alkyl carbamates (subject to hydrolysis) is 1. The van der Waals surface area contributed by atoms with E-state index in [9.17, 15) is 19.6 Å². The van der Waals surface area contributed by atoms with Gasteiger partial charge in [-0.2, -0.15) is 5.26 Å². The Balaban J connectivity index is 1.85. The Morgan fingerprint density at radius 2 is 1.62 bits per heavy atom. The standard InChI is InChI=1S/C34H50N2O4/c1-10-40-28(39)36-31(6)16-15-29(2,3)13-11-23-24(37)19-26-32(7)20-22(21-35)27(38)30(4,5)25(32)12-14-34(26,9)33(23,8)18-17-31/h19-20,23,25H,10-18H2,1-9H3,(H,36,39)/t23-,25+,31+,32+,33-,34-/m1/s1. The molecule has 0 aliphatic heterocycles. The van der Waals surface area contributed by atoms with Crippen molar-refractivity contribution >= 4 is 17.7 Å². The number of ether oxygens (including phenoxy) is 1. The fourth-order valence-electron chi connectivity index (χ4n) is 9.13. The maximum absolute atomic E-state index is 14.2. The zero-order valence-corrected chi connectivity index (χ0v) is 26.3. The quantitative estimate of drug-likeness (QED) is 0.384. The first-order chi connectivity index (χ1) is 18.4. The SMILES string of the molecule is CCOC(=O)N[C@@]1(C)CCC(C)(C)CC[C@@H]2C(=O)C=C3[C@@]4(C)C=C(C#N)C(=O)C(C)(C)[C@@H]4CC[C@@]3(C)[C@]2(C)CC1. The molecule has 0 aromatic rings. The molecule has 6 atom stereocenters. The van der Waals surface area contributed by atoms with Gasteiger partial charge in [-0.25, -0.2) is 4.79 Å². The molecule has 0 saturated heterocycles. The molecule has 2 fully saturated rings. The topological polar surface area (TPSA) is 96.3 Å². The van der Waals surface area contributed by atoms with E-state index in [0.29, 0.717) is 6.61 Å². The van der Waals surface area contributed by atoms with Crippen LogP contribution in [0.2, 0.25) is 0 Å². The van der Waals surface area contributed by atoms with Crippen LogP contribution >= 0.6 is 0 Å². The van der Waals surface area contributed by atoms with Gasteiger partial charge < -0.3 is 10.1 Å². The number of nitrogens with one attached hydrogen (secondary N) is 1. The van der Waals surface area contributed by atoms with Crippen molar-refractivity contribution in [3.8, 4) is 6.07 Å². The van der Waals surface area contributed by atoms with E-state index in [1.807, 2.05) is 32.9 Å². The molecule has 6 heteroatoms. The van der Waals surface area contributed by atoms with Gasteiger partial charge in [-0.15, -0.1) is 0 Å². The summed E-state index contributed by atoms with van der Waals surface area (Å²) >= 11 is 0. The number of hydrogen-bond acceptors (Lipinski definition) is 5. The van der Waals surface area contributed by atoms with Crippen LogP contribution in [0.4, 0.5) is 4.79 Å². The van der Waals surface area contributed by atoms with Crippen LogP contribution in [-0.4, -0.2) is 29.8 Å². The number of hydrogen-bond donors (Lipinski definition) is 1. The smallest absolute Gasteiger partial charge is 0.407 e. The Kier molecular flexibility index (Phi) is 7.52. The minimum absolute atomic E-state index is 0.0195. The Bertz CT molecular complexity index is 1200. The third-order valence-corrected chi connectivity index (χ3v) is 12.1. The lowest BCUT2D eigenvalue weighted by molar-refractivity contribution is -0.139. The lowest BCUT2D eigenvalue weighted by Gasteiger charge is -2.65. The van der Waals surface area contributed by atoms with E-state index in [2.05, 4.69) is 52.9 Å². The second kappa shape index (κ2) is 9.85. The molecule has 0 spiro atoms. The minimum atomic E-state index is -0.681. The van der Waals surface area contributed by atoms with Crippen molar-refractivity contribution in [2.24, 2.45) is 38.9 Å². The molecule has 220 valence electrons. The van der Waals surface area contributed by atoms with Crippen molar-refractivity contribution in [1.82, 2.24) is 5.32 Å². The molecule has 1 N–H and O–H groups in total. The van der Waals surface area contributed by atoms with Gasteiger partial charge in [0.25, 0.3) is 0 Å². The van der Waals surface area contributed by atoms with Crippen LogP contribution < -0.4 is 5.32 Å². The Hall–Kier alpha value is -2.42. The first-order valence-electron chi connectivity index (χ1n) is 15.3. The number of carbonyl (C=O) groups is 3. The van der Waals surface area contributed by atoms with Gasteiger partial charge in [0, 0.05) is 22.3 Å². The van der Waals surface area contributed by atoms with Crippen molar-refractivity contribution < 1.29 is 19.1 Å². The zero-order valence-electron chi connectivity index (χ0n) is 26.3. The lowest BCUT2D eigenvalue weighted by atomic mass is 9.38. The number of nitrogens with zero attached hydrogens (tertiary/aromatic N) is 1. The molecule has 6 nitrogen and oxygen atoms in total. The molecule has 1 amide bonds. The minimum Gasteiger partial charge on any atom is -0.450 e. The highest BCUT2D eigenvalue weighted by Gasteiger charge is 2.65. The molecule has 0 radical (unpaired) electrons. The third-order valence-electron chi connectivity index (χ3n) is 12.1. The normalized spacial score (nSPS) is 40.7. The van der Waals surface area contributed by atoms with E-state index in [1.165, 1.54) is 0 Å². The highest BCUT2D eigenvalue weighted by Crippen LogP contribution is 2.70. The van der Waals surface area contributed by atoms with E-state index in [1.54, 1.807) is 0 Å². The van der Waals surface area contributed by atoms with Crippen molar-refractivity contribution in [3.05, 3.63) is 23.3 Å². The largest absolute Gasteiger partial charge is 0.450 e. The highest BCUT2D eigenvalue weighted by molar-refractivity contribution is 6.04. The van der Waals surface area contributed by atoms with Crippen molar-refractivity contribution in [2.75, 3.05) is 6.61 Å². The summed E-state index contributed by atoms with van der Waals surface area (Å²) in [7, 11) is 0. The number of fused-ring (bicyclic) bond motifs is 5. The molecule has 2 saturated carbocycles. The molecule has 4 aliphatic carbocycles. The molecule has 0 aromatic carbocycles. The summed E-state index contributed by atoms with van der Waals surface area (Å²) < 4.78 is 5.29. The first kappa shape index (κ1) is 30.5. The highest BCUT2D eigenvalue weighted by atomic mass is 16.5. The second-order valence-corrected chi connectivity index (χ2v) is 15.5. The van der Waals surface area contributed by atoms with Gasteiger partial charge in [-0.3, -0.25) is 9.59 Å². The van der Waals surface area contributed by atoms with Gasteiger partial charge in [-0.05, 0) is 93.5 Å². The average molecular weight is 551 g/mol. The molecular formula is C34H50N2O4. The zero-order chi connectivity index (χ0) is 29.9. The monoisotopic (exact) mass is 550 g/mol. The van der Waals surface area contributed by atoms with Crippen molar-refractivity contribution in [1.29, 1.82) is 5.26 Å². The van der Waals surface area contributed by atoms with Gasteiger partial charge >= 0.3 is 6.09 Å². The third kappa shape index (κ3) is 4.66. The summed E-state index contributed by atoms with van der Waals surface area (Å²) in [5.74, 6) is -0.0149. The fraction of sp³-hybridized carbons (Fsp3) is 0.765. The summed E-state index contributed by atoms with van der Waals surface area (Å²) in [6.07, 6.45) is 10.3. The number of allylic oxidation sites excluding steroid dienone is 4. The van der Waals surface area contributed by atoms with E-state index in [0.717, 1.165) is 56.9 Å². The molecule has 0 aromatic heterocycles. The van der Waals surface area contributed by atoms with Gasteiger partial charge in [0.2, 0.25) is 0 Å². The number of rotatable bonds is 2. The summed E-state index contributed by atoms with van der Waals surface area (Å²) in [6, 6.07) is 2.18. The predicted molar refractivity (Wildman–Crippen MR) is 156 cm³/mol. The van der Waals surface area contributed by atoms with Crippen LogP contribution in [0.3, 0.4) is 0 Å². The Morgan fingerprint density at radius 1 is 0.975 bits per heavy atom. The van der Waals surface area contributed by atoms with E-state index in [-0.39, 0.29) is 51.3 Å². The summed E-state index contributed by atoms with van der Waals surface area (Å²) in [4.78, 5) is 40.1. The van der Waals surface area contributed by atoms with Crippen LogP contribution in [0.5, 0.6) is 0 Å². The predicted octanol–water partition coefficient (Wildman–Crippen LogP) is 7.48. The maximum Gasteiger partial charge on any atom is 0.407 e. The number of Topliss-reactive ketones (excluding diaryl/α,β-unsaturated/α-hetero) is 1. The lowest BCUT2D eigenvalue weighted by Crippen LogP contribution is -2.60. The molecular weight excluding hydrogens is 500 g/mol. The summed E-state index contributed by atoms with van der Waals surface area (Å²) in [5, 5.41) is 13.1. The Morgan fingerprint density at radius 3 is 2.25 bits per heavy atom. The van der Waals surface area contributed by atoms with Crippen LogP contribution in [-0.2, 0) is 14.3 Å². The summed E-state index contributed by atoms with van der Waals surface area (Å²) in [5.41, 5.74) is -0.998. The molecule has 0 heterocycles. The van der Waals surface area contributed by atoms with Crippen molar-refractivity contribution in [2.45, 2.75) is 119 Å². The van der Waals surface area contributed by atoms with Crippen LogP contribution in [0, 0.1) is 50.2 Å². The number of ketones is 2. The molecule has 0 bridgehead atoms. The summed E-state index contributed by atoms with van der Waals surface area (Å²) in [6.45, 7) is 19.5. The number of amides is 1. The van der Waals surface area contributed by atoms with Gasteiger partial charge in [0.15, 0.2) is 11.6 Å². The molecule has 40 heavy (non-hydrogen) atoms. The number of nitriles is 1. The average Bonchev–Trinajstić information content (AvgIpc) is 2.85. The molecule has 4 rings (SSSR count). The van der Waals surface area contributed by atoms with Gasteiger partial charge in [-0.1, -0.05) is 60.1 Å². The van der Waals surface area contributed by atoms with E-state index >= 15 is 0 Å². The first-order valence-corrected chi connectivity index (χ1v) is 15.3. The van der Waals surface area contributed by atoms with Crippen LogP contribution in [0.1, 0.15) is 114 Å². The van der Waals surface area contributed by atoms with Crippen LogP contribution in [0.15, 0.2) is 23.3 Å². The number of carbonyl (C=O) groups excluding carboxylic acids is 3. The van der Waals surface area contributed by atoms with Crippen molar-refractivity contribution in [3.63, 3.8) is 0 Å². The molecule has 4 aliphatic rings. The van der Waals surface area contributed by atoms with Gasteiger partial charge in [0.1, 0.15) is 6.07 Å². The second-order valence-electron chi connectivity index (χ2n) is 15.5. The van der Waals surface area contributed by atoms with E-state index < -0.39 is 16.4 Å². The van der Waals surface area contributed by atoms with Gasteiger partial charge in [0.05, 0.1) is 12.2 Å². The fourth-order valence-corrected chi connectivity index (χ4v) is 9.13. The maximum atomic E-state index is 14.2. The van der Waals surface area contributed by atoms with E-state index in [4.69, 9.17) is 4.74 Å². The molecule has 0 unspecified atom stereocenters. The van der Waals surface area contributed by atoms with Crippen LogP contribution in [0.25, 0.3) is 0 Å². The Labute approximate surface area is 241 Å².